The molecule has 0 heterocycles. The van der Waals surface area contributed by atoms with E-state index >= 15 is 0 Å². The maximum absolute atomic E-state index is 13.5. The van der Waals surface area contributed by atoms with Crippen LogP contribution in [0.2, 0.25) is 0 Å². The Hall–Kier alpha value is -0.670. The average Bonchev–Trinajstić information content (AvgIpc) is 3.12. The molecule has 0 aromatic carbocycles. The van der Waals surface area contributed by atoms with E-state index in [2.05, 4.69) is 13.8 Å². The van der Waals surface area contributed by atoms with E-state index in [1.54, 1.807) is 0 Å². The largest absolute Gasteiger partial charge is 0.473 e. The maximum Gasteiger partial charge on any atom is 0.473 e. The first-order valence-corrected chi connectivity index (χ1v) is 22.9. The van der Waals surface area contributed by atoms with Gasteiger partial charge in [0.25, 0.3) is 0 Å². The van der Waals surface area contributed by atoms with Crippen molar-refractivity contribution in [3.05, 3.63) is 0 Å². The summed E-state index contributed by atoms with van der Waals surface area (Å²) in [6.45, 7) is 2.55. The van der Waals surface area contributed by atoms with Crippen LogP contribution in [-0.4, -0.2) is 58.1 Å². The van der Waals surface area contributed by atoms with Crippen LogP contribution in [0.25, 0.3) is 0 Å². The SMILES string of the molecule is CCCCCCCCCCCCCCCCCC(=O)C(CN)(OP(=O)(O)OCC(O)CO)C(=O)CCCCCCCCCCCCCCCCC. The monoisotopic (exact) mass is 748 g/mol. The Bertz CT molecular complexity index is 812. The number of phosphoric ester groups is 1. The number of carbonyl (C=O) groups excluding carboxylic acids is 2. The van der Waals surface area contributed by atoms with E-state index in [0.29, 0.717) is 12.8 Å². The minimum atomic E-state index is -4.95. The van der Waals surface area contributed by atoms with Crippen LogP contribution in [0.4, 0.5) is 0 Å². The molecule has 0 aromatic rings. The van der Waals surface area contributed by atoms with E-state index in [0.717, 1.165) is 38.5 Å². The lowest BCUT2D eigenvalue weighted by atomic mass is 9.87. The van der Waals surface area contributed by atoms with Crippen molar-refractivity contribution in [2.75, 3.05) is 19.8 Å². The summed E-state index contributed by atoms with van der Waals surface area (Å²) in [6.07, 6.45) is 34.2. The van der Waals surface area contributed by atoms with E-state index in [1.807, 2.05) is 0 Å². The minimum absolute atomic E-state index is 0.0132. The Labute approximate surface area is 313 Å². The number of hydrogen-bond donors (Lipinski definition) is 4. The molecule has 0 rings (SSSR count). The Kier molecular flexibility index (Phi) is 34.6. The third-order valence-corrected chi connectivity index (χ3v) is 11.1. The third-order valence-electron chi connectivity index (χ3n) is 10.1. The summed E-state index contributed by atoms with van der Waals surface area (Å²) in [4.78, 5) is 37.4. The third kappa shape index (κ3) is 28.4. The van der Waals surface area contributed by atoms with Gasteiger partial charge in [-0.3, -0.25) is 18.6 Å². The molecule has 2 atom stereocenters. The standard InChI is InChI=1S/C41H82NO8P/c1-3-5-7-9-11-13-15-17-19-21-23-25-27-29-31-33-39(45)41(37-42,50-51(47,48)49-36-38(44)35-43)40(46)34-32-30-28-26-24-22-20-18-16-14-12-10-8-6-4-2/h38,43-44H,3-37,42H2,1-2H3,(H,47,48). The predicted octanol–water partition coefficient (Wildman–Crippen LogP) is 10.8. The van der Waals surface area contributed by atoms with Crippen LogP contribution in [0.15, 0.2) is 0 Å². The number of rotatable bonds is 41. The smallest absolute Gasteiger partial charge is 0.394 e. The summed E-state index contributed by atoms with van der Waals surface area (Å²) in [6, 6.07) is 0. The molecule has 51 heavy (non-hydrogen) atoms. The van der Waals surface area contributed by atoms with Gasteiger partial charge in [0.1, 0.15) is 6.10 Å². The Morgan fingerprint density at radius 1 is 0.569 bits per heavy atom. The van der Waals surface area contributed by atoms with Crippen LogP contribution in [0.1, 0.15) is 219 Å². The number of nitrogens with two attached hydrogens (primary N) is 1. The van der Waals surface area contributed by atoms with Gasteiger partial charge in [-0.25, -0.2) is 4.57 Å². The number of ketones is 2. The van der Waals surface area contributed by atoms with Crippen LogP contribution < -0.4 is 5.73 Å². The molecule has 0 fully saturated rings. The van der Waals surface area contributed by atoms with Gasteiger partial charge in [0, 0.05) is 19.4 Å². The molecule has 0 aliphatic rings. The molecule has 0 aliphatic heterocycles. The first-order chi connectivity index (χ1) is 24.7. The molecular weight excluding hydrogens is 665 g/mol. The molecule has 10 heteroatoms. The number of phosphoric acid groups is 1. The Balaban J connectivity index is 4.59. The molecule has 0 aliphatic carbocycles. The van der Waals surface area contributed by atoms with Crippen molar-refractivity contribution in [1.82, 2.24) is 0 Å². The summed E-state index contributed by atoms with van der Waals surface area (Å²) in [7, 11) is -4.95. The van der Waals surface area contributed by atoms with E-state index in [-0.39, 0.29) is 12.8 Å². The number of Topliss-reactive ketones (excluding diaryl/α,β-unsaturated/α-hetero) is 2. The van der Waals surface area contributed by atoms with Crippen molar-refractivity contribution in [1.29, 1.82) is 0 Å². The molecule has 2 unspecified atom stereocenters. The molecule has 304 valence electrons. The van der Waals surface area contributed by atoms with Gasteiger partial charge in [-0.15, -0.1) is 0 Å². The summed E-state index contributed by atoms with van der Waals surface area (Å²) < 4.78 is 22.9. The van der Waals surface area contributed by atoms with Gasteiger partial charge < -0.3 is 20.8 Å². The normalized spacial score (nSPS) is 13.8. The predicted molar refractivity (Wildman–Crippen MR) is 211 cm³/mol. The topological polar surface area (TPSA) is 156 Å². The molecule has 0 bridgehead atoms. The van der Waals surface area contributed by atoms with Crippen molar-refractivity contribution in [3.63, 3.8) is 0 Å². The fourth-order valence-electron chi connectivity index (χ4n) is 6.70. The first kappa shape index (κ1) is 50.3. The van der Waals surface area contributed by atoms with Crippen molar-refractivity contribution in [3.8, 4) is 0 Å². The maximum atomic E-state index is 13.5. The van der Waals surface area contributed by atoms with Crippen LogP contribution in [-0.2, 0) is 23.2 Å². The van der Waals surface area contributed by atoms with Gasteiger partial charge in [-0.05, 0) is 12.8 Å². The van der Waals surface area contributed by atoms with Crippen LogP contribution in [0.5, 0.6) is 0 Å². The molecule has 9 nitrogen and oxygen atoms in total. The highest BCUT2D eigenvalue weighted by Gasteiger charge is 2.49. The number of unbranched alkanes of at least 4 members (excludes halogenated alkanes) is 28. The molecule has 5 N–H and O–H groups in total. The van der Waals surface area contributed by atoms with Crippen molar-refractivity contribution < 1.29 is 38.3 Å². The molecular formula is C41H82NO8P. The highest BCUT2D eigenvalue weighted by molar-refractivity contribution is 7.47. The van der Waals surface area contributed by atoms with Crippen molar-refractivity contribution >= 4 is 19.4 Å². The fraction of sp³-hybridized carbons (Fsp3) is 0.951. The number of carbonyl (C=O) groups is 2. The van der Waals surface area contributed by atoms with Crippen LogP contribution in [0, 0.1) is 0 Å². The summed E-state index contributed by atoms with van der Waals surface area (Å²) in [5, 5.41) is 18.6. The fourth-order valence-corrected chi connectivity index (χ4v) is 7.78. The van der Waals surface area contributed by atoms with E-state index < -0.39 is 50.9 Å². The highest BCUT2D eigenvalue weighted by Crippen LogP contribution is 2.48. The van der Waals surface area contributed by atoms with E-state index in [4.69, 9.17) is 19.9 Å². The minimum Gasteiger partial charge on any atom is -0.394 e. The number of aliphatic hydroxyl groups is 2. The lowest BCUT2D eigenvalue weighted by molar-refractivity contribution is -0.149. The molecule has 0 amide bonds. The second kappa shape index (κ2) is 35.1. The molecule has 0 radical (unpaired) electrons. The Morgan fingerprint density at radius 3 is 1.10 bits per heavy atom. The number of hydrogen-bond acceptors (Lipinski definition) is 8. The zero-order chi connectivity index (χ0) is 37.9. The van der Waals surface area contributed by atoms with Gasteiger partial charge in [0.15, 0.2) is 11.6 Å². The van der Waals surface area contributed by atoms with Crippen molar-refractivity contribution in [2.45, 2.75) is 231 Å². The quantitative estimate of drug-likeness (QED) is 0.0271. The molecule has 0 aromatic heterocycles. The second-order valence-electron chi connectivity index (χ2n) is 15.0. The van der Waals surface area contributed by atoms with Crippen LogP contribution >= 0.6 is 7.82 Å². The van der Waals surface area contributed by atoms with Gasteiger partial charge in [0.2, 0.25) is 5.60 Å². The van der Waals surface area contributed by atoms with Crippen LogP contribution in [0.3, 0.4) is 0 Å². The van der Waals surface area contributed by atoms with Gasteiger partial charge in [-0.1, -0.05) is 194 Å². The summed E-state index contributed by atoms with van der Waals surface area (Å²) in [5.41, 5.74) is 3.69. The van der Waals surface area contributed by atoms with E-state index in [1.165, 1.54) is 141 Å². The van der Waals surface area contributed by atoms with Crippen molar-refractivity contribution in [2.24, 2.45) is 5.73 Å². The molecule has 0 saturated carbocycles. The lowest BCUT2D eigenvalue weighted by Crippen LogP contribution is -2.54. The second-order valence-corrected chi connectivity index (χ2v) is 16.3. The zero-order valence-corrected chi connectivity index (χ0v) is 34.1. The Morgan fingerprint density at radius 2 is 0.843 bits per heavy atom. The van der Waals surface area contributed by atoms with Gasteiger partial charge in [-0.2, -0.15) is 0 Å². The highest BCUT2D eigenvalue weighted by atomic mass is 31.2. The molecule has 0 spiro atoms. The first-order valence-electron chi connectivity index (χ1n) is 21.4. The summed E-state index contributed by atoms with van der Waals surface area (Å²) in [5.74, 6) is -1.21. The lowest BCUT2D eigenvalue weighted by Gasteiger charge is -2.31. The average molecular weight is 748 g/mol. The van der Waals surface area contributed by atoms with E-state index in [9.17, 15) is 24.2 Å². The zero-order valence-electron chi connectivity index (χ0n) is 33.2. The number of aliphatic hydroxyl groups excluding tert-OH is 2. The summed E-state index contributed by atoms with van der Waals surface area (Å²) >= 11 is 0. The van der Waals surface area contributed by atoms with Gasteiger partial charge >= 0.3 is 7.82 Å². The van der Waals surface area contributed by atoms with Gasteiger partial charge in [0.05, 0.1) is 13.2 Å². The molecule has 0 saturated heterocycles.